The Morgan fingerprint density at radius 2 is 1.58 bits per heavy atom. The second kappa shape index (κ2) is 13.3. The van der Waals surface area contributed by atoms with Crippen LogP contribution in [0.15, 0.2) is 53.6 Å². The Morgan fingerprint density at radius 1 is 0.944 bits per heavy atom. The van der Waals surface area contributed by atoms with Gasteiger partial charge in [-0.15, -0.1) is 0 Å². The lowest BCUT2D eigenvalue weighted by atomic mass is 9.98. The maximum atomic E-state index is 12.6. The Bertz CT molecular complexity index is 1090. The van der Waals surface area contributed by atoms with Crippen LogP contribution in [0.2, 0.25) is 0 Å². The minimum atomic E-state index is -0.595. The Labute approximate surface area is 210 Å². The molecule has 0 fully saturated rings. The third-order valence-electron chi connectivity index (χ3n) is 6.00. The van der Waals surface area contributed by atoms with Crippen molar-refractivity contribution in [2.45, 2.75) is 18.8 Å². The number of ketones is 1. The zero-order chi connectivity index (χ0) is 25.9. The van der Waals surface area contributed by atoms with Crippen molar-refractivity contribution in [3.05, 3.63) is 70.1 Å². The van der Waals surface area contributed by atoms with Gasteiger partial charge in [0, 0.05) is 44.5 Å². The smallest absolute Gasteiger partial charge is 0.409 e. The monoisotopic (exact) mass is 493 g/mol. The molecule has 0 bridgehead atoms. The van der Waals surface area contributed by atoms with Crippen molar-refractivity contribution in [1.29, 1.82) is 0 Å². The SMILES string of the molecule is CN(CC(=O)CCCOCCN=[N+]=[N-])C(=O)CN(C)C(=O)OCC1c2ccccc2-c2ccccc21. The minimum Gasteiger partial charge on any atom is -0.448 e. The van der Waals surface area contributed by atoms with Crippen LogP contribution in [0.3, 0.4) is 0 Å². The maximum Gasteiger partial charge on any atom is 0.409 e. The highest BCUT2D eigenvalue weighted by Crippen LogP contribution is 2.44. The lowest BCUT2D eigenvalue weighted by Crippen LogP contribution is -2.41. The topological polar surface area (TPSA) is 125 Å². The molecule has 0 atom stereocenters. The first-order chi connectivity index (χ1) is 17.4. The number of hydrogen-bond acceptors (Lipinski definition) is 6. The number of rotatable bonds is 13. The van der Waals surface area contributed by atoms with Crippen molar-refractivity contribution < 1.29 is 23.9 Å². The summed E-state index contributed by atoms with van der Waals surface area (Å²) in [6, 6.07) is 16.2. The average molecular weight is 494 g/mol. The summed E-state index contributed by atoms with van der Waals surface area (Å²) in [5.74, 6) is -0.521. The summed E-state index contributed by atoms with van der Waals surface area (Å²) in [5.41, 5.74) is 12.7. The van der Waals surface area contributed by atoms with Gasteiger partial charge in [-0.25, -0.2) is 4.79 Å². The van der Waals surface area contributed by atoms with E-state index < -0.39 is 6.09 Å². The van der Waals surface area contributed by atoms with E-state index in [4.69, 9.17) is 15.0 Å². The van der Waals surface area contributed by atoms with E-state index in [2.05, 4.69) is 22.2 Å². The summed E-state index contributed by atoms with van der Waals surface area (Å²) in [4.78, 5) is 42.4. The number of fused-ring (bicyclic) bond motifs is 3. The van der Waals surface area contributed by atoms with E-state index in [9.17, 15) is 14.4 Å². The fourth-order valence-electron chi connectivity index (χ4n) is 4.15. The van der Waals surface area contributed by atoms with Crippen molar-refractivity contribution >= 4 is 17.8 Å². The first-order valence-corrected chi connectivity index (χ1v) is 11.8. The van der Waals surface area contributed by atoms with Crippen LogP contribution in [0.1, 0.15) is 29.9 Å². The summed E-state index contributed by atoms with van der Waals surface area (Å²) in [6.45, 7) is 0.857. The number of Topliss-reactive ketones (excluding diaryl/α,β-unsaturated/α-hetero) is 1. The summed E-state index contributed by atoms with van der Waals surface area (Å²) in [7, 11) is 3.03. The zero-order valence-electron chi connectivity index (χ0n) is 20.6. The number of likely N-dealkylation sites (N-methyl/N-ethyl adjacent to an activating group) is 2. The number of hydrogen-bond donors (Lipinski definition) is 0. The van der Waals surface area contributed by atoms with Crippen LogP contribution in [0.5, 0.6) is 0 Å². The van der Waals surface area contributed by atoms with Gasteiger partial charge in [0.2, 0.25) is 5.91 Å². The van der Waals surface area contributed by atoms with Gasteiger partial charge in [-0.05, 0) is 34.2 Å². The summed E-state index contributed by atoms with van der Waals surface area (Å²) < 4.78 is 10.8. The molecule has 2 aromatic rings. The molecule has 2 aromatic carbocycles. The Hall–Kier alpha value is -3.88. The largest absolute Gasteiger partial charge is 0.448 e. The van der Waals surface area contributed by atoms with Crippen LogP contribution in [0.25, 0.3) is 21.6 Å². The van der Waals surface area contributed by atoms with E-state index in [1.807, 2.05) is 36.4 Å². The van der Waals surface area contributed by atoms with E-state index in [1.54, 1.807) is 0 Å². The third kappa shape index (κ3) is 7.07. The van der Waals surface area contributed by atoms with Gasteiger partial charge in [-0.3, -0.25) is 9.59 Å². The molecule has 0 spiro atoms. The average Bonchev–Trinajstić information content (AvgIpc) is 3.20. The van der Waals surface area contributed by atoms with Crippen molar-refractivity contribution in [3.63, 3.8) is 0 Å². The number of carbonyl (C=O) groups is 3. The summed E-state index contributed by atoms with van der Waals surface area (Å²) >= 11 is 0. The van der Waals surface area contributed by atoms with Gasteiger partial charge in [0.05, 0.1) is 13.2 Å². The molecule has 0 radical (unpaired) electrons. The first kappa shape index (κ1) is 26.7. The van der Waals surface area contributed by atoms with Gasteiger partial charge >= 0.3 is 6.09 Å². The fourth-order valence-corrected chi connectivity index (χ4v) is 4.15. The van der Waals surface area contributed by atoms with E-state index >= 15 is 0 Å². The third-order valence-corrected chi connectivity index (χ3v) is 6.00. The predicted molar refractivity (Wildman–Crippen MR) is 134 cm³/mol. The molecule has 0 aliphatic heterocycles. The molecule has 0 saturated carbocycles. The molecule has 10 nitrogen and oxygen atoms in total. The maximum absolute atomic E-state index is 12.6. The summed E-state index contributed by atoms with van der Waals surface area (Å²) in [6.07, 6.45) is 0.181. The number of carbonyl (C=O) groups excluding carboxylic acids is 3. The zero-order valence-corrected chi connectivity index (χ0v) is 20.6. The van der Waals surface area contributed by atoms with Crippen molar-refractivity contribution in [3.8, 4) is 11.1 Å². The molecule has 2 amide bonds. The predicted octanol–water partition coefficient (Wildman–Crippen LogP) is 4.00. The lowest BCUT2D eigenvalue weighted by Gasteiger charge is -2.22. The van der Waals surface area contributed by atoms with E-state index in [0.717, 1.165) is 22.3 Å². The number of azide groups is 1. The van der Waals surface area contributed by atoms with Crippen LogP contribution >= 0.6 is 0 Å². The van der Waals surface area contributed by atoms with Crippen LogP contribution in [0, 0.1) is 0 Å². The van der Waals surface area contributed by atoms with Gasteiger partial charge in [-0.2, -0.15) is 0 Å². The minimum absolute atomic E-state index is 0.0455. The second-order valence-electron chi connectivity index (χ2n) is 8.62. The summed E-state index contributed by atoms with van der Waals surface area (Å²) in [5, 5.41) is 3.36. The number of ether oxygens (including phenoxy) is 2. The van der Waals surface area contributed by atoms with Gasteiger partial charge < -0.3 is 19.3 Å². The second-order valence-corrected chi connectivity index (χ2v) is 8.62. The van der Waals surface area contributed by atoms with Crippen molar-refractivity contribution in [2.24, 2.45) is 5.11 Å². The first-order valence-electron chi connectivity index (χ1n) is 11.8. The molecule has 0 unspecified atom stereocenters. The van der Waals surface area contributed by atoms with Crippen molar-refractivity contribution in [1.82, 2.24) is 9.80 Å². The van der Waals surface area contributed by atoms with Crippen LogP contribution < -0.4 is 0 Å². The standard InChI is InChI=1S/C26H31N5O5/c1-30(16-19(32)8-7-14-35-15-13-28-29-27)25(33)17-31(2)26(34)36-18-24-22-11-5-3-9-20(22)21-10-4-6-12-23(21)24/h3-6,9-12,24H,7-8,13-18H2,1-2H3. The van der Waals surface area contributed by atoms with Crippen LogP contribution in [0.4, 0.5) is 4.79 Å². The van der Waals surface area contributed by atoms with Crippen molar-refractivity contribution in [2.75, 3.05) is 53.6 Å². The van der Waals surface area contributed by atoms with Gasteiger partial charge in [0.15, 0.2) is 5.78 Å². The Balaban J connectivity index is 1.41. The quantitative estimate of drug-likeness (QED) is 0.180. The van der Waals surface area contributed by atoms with E-state index in [1.165, 1.54) is 23.9 Å². The molecule has 1 aliphatic carbocycles. The highest BCUT2D eigenvalue weighted by Gasteiger charge is 2.29. The molecule has 190 valence electrons. The number of nitrogens with zero attached hydrogens (tertiary/aromatic N) is 5. The van der Waals surface area contributed by atoms with Gasteiger partial charge in [0.1, 0.15) is 13.2 Å². The molecule has 0 heterocycles. The molecule has 0 aromatic heterocycles. The van der Waals surface area contributed by atoms with E-state index in [-0.39, 0.29) is 50.3 Å². The fraction of sp³-hybridized carbons (Fsp3) is 0.423. The highest BCUT2D eigenvalue weighted by molar-refractivity contribution is 5.88. The molecule has 3 rings (SSSR count). The molecule has 0 saturated heterocycles. The van der Waals surface area contributed by atoms with Crippen LogP contribution in [-0.4, -0.2) is 81.1 Å². The number of amides is 2. The highest BCUT2D eigenvalue weighted by atomic mass is 16.6. The van der Waals surface area contributed by atoms with Gasteiger partial charge in [-0.1, -0.05) is 53.6 Å². The van der Waals surface area contributed by atoms with Crippen LogP contribution in [-0.2, 0) is 19.1 Å². The molecule has 10 heteroatoms. The van der Waals surface area contributed by atoms with E-state index in [0.29, 0.717) is 19.6 Å². The number of benzene rings is 2. The normalized spacial score (nSPS) is 11.7. The molecule has 0 N–H and O–H groups in total. The van der Waals surface area contributed by atoms with Gasteiger partial charge in [0.25, 0.3) is 0 Å². The lowest BCUT2D eigenvalue weighted by molar-refractivity contribution is -0.134. The molecular formula is C26H31N5O5. The molecule has 36 heavy (non-hydrogen) atoms. The molecular weight excluding hydrogens is 462 g/mol. The Morgan fingerprint density at radius 3 is 2.22 bits per heavy atom. The Kier molecular flexibility index (Phi) is 9.85. The molecule has 1 aliphatic rings.